The van der Waals surface area contributed by atoms with E-state index in [1.807, 2.05) is 24.2 Å². The molecule has 1 aliphatic carbocycles. The minimum absolute atomic E-state index is 0.0717. The van der Waals surface area contributed by atoms with E-state index < -0.39 is 0 Å². The quantitative estimate of drug-likeness (QED) is 0.894. The van der Waals surface area contributed by atoms with E-state index in [1.54, 1.807) is 0 Å². The summed E-state index contributed by atoms with van der Waals surface area (Å²) in [4.78, 5) is 20.6. The first kappa shape index (κ1) is 19.1. The van der Waals surface area contributed by atoms with Crippen molar-refractivity contribution in [3.8, 4) is 0 Å². The van der Waals surface area contributed by atoms with Gasteiger partial charge in [0.05, 0.1) is 6.61 Å². The van der Waals surface area contributed by atoms with Crippen molar-refractivity contribution in [1.29, 1.82) is 0 Å². The Morgan fingerprint density at radius 3 is 2.62 bits per heavy atom. The van der Waals surface area contributed by atoms with E-state index in [1.165, 1.54) is 18.4 Å². The van der Waals surface area contributed by atoms with Crippen LogP contribution in [0.2, 0.25) is 0 Å². The first-order valence-electron chi connectivity index (χ1n) is 9.93. The molecule has 2 fully saturated rings. The molecule has 1 saturated heterocycles. The molecule has 0 bridgehead atoms. The lowest BCUT2D eigenvalue weighted by Gasteiger charge is -2.43. The van der Waals surface area contributed by atoms with Crippen molar-refractivity contribution in [2.75, 3.05) is 39.8 Å². The number of carbonyl (C=O) groups excluding carboxylic acids is 1. The van der Waals surface area contributed by atoms with Crippen molar-refractivity contribution in [1.82, 2.24) is 20.1 Å². The highest BCUT2D eigenvalue weighted by Gasteiger charge is 2.37. The maximum Gasteiger partial charge on any atom is 0.409 e. The van der Waals surface area contributed by atoms with Crippen LogP contribution in [0.15, 0.2) is 24.5 Å². The Balaban J connectivity index is 1.57. The van der Waals surface area contributed by atoms with Gasteiger partial charge in [0, 0.05) is 50.2 Å². The van der Waals surface area contributed by atoms with Gasteiger partial charge in [0.2, 0.25) is 0 Å². The van der Waals surface area contributed by atoms with Crippen LogP contribution in [0, 0.1) is 0 Å². The van der Waals surface area contributed by atoms with Crippen molar-refractivity contribution in [2.24, 2.45) is 0 Å². The average molecular weight is 361 g/mol. The molecule has 3 rings (SSSR count). The van der Waals surface area contributed by atoms with Crippen molar-refractivity contribution in [3.63, 3.8) is 0 Å². The number of nitrogens with one attached hydrogen (secondary N) is 1. The Labute approximate surface area is 156 Å². The van der Waals surface area contributed by atoms with Crippen molar-refractivity contribution < 1.29 is 9.53 Å². The van der Waals surface area contributed by atoms with E-state index >= 15 is 0 Å². The topological polar surface area (TPSA) is 57.7 Å². The summed E-state index contributed by atoms with van der Waals surface area (Å²) in [5.74, 6) is 0. The van der Waals surface area contributed by atoms with E-state index in [2.05, 4.69) is 34.4 Å². The van der Waals surface area contributed by atoms with Gasteiger partial charge in [-0.3, -0.25) is 9.88 Å². The van der Waals surface area contributed by atoms with Crippen molar-refractivity contribution in [2.45, 2.75) is 50.6 Å². The molecule has 2 heterocycles. The summed E-state index contributed by atoms with van der Waals surface area (Å²) in [7, 11) is 2.07. The molecular formula is C20H32N4O2. The summed E-state index contributed by atoms with van der Waals surface area (Å²) in [6.07, 6.45) is 9.28. The van der Waals surface area contributed by atoms with Crippen LogP contribution < -0.4 is 5.32 Å². The van der Waals surface area contributed by atoms with Gasteiger partial charge in [0.25, 0.3) is 0 Å². The van der Waals surface area contributed by atoms with Gasteiger partial charge in [-0.05, 0) is 63.8 Å². The number of amides is 1. The van der Waals surface area contributed by atoms with E-state index in [0.29, 0.717) is 12.6 Å². The van der Waals surface area contributed by atoms with Crippen LogP contribution in [0.5, 0.6) is 0 Å². The molecule has 2 aliphatic rings. The molecule has 0 aromatic carbocycles. The first-order valence-corrected chi connectivity index (χ1v) is 9.93. The van der Waals surface area contributed by atoms with Gasteiger partial charge >= 0.3 is 6.09 Å². The second-order valence-electron chi connectivity index (χ2n) is 7.37. The summed E-state index contributed by atoms with van der Waals surface area (Å²) in [5.41, 5.74) is 1.42. The molecule has 0 spiro atoms. The highest BCUT2D eigenvalue weighted by molar-refractivity contribution is 5.67. The lowest BCUT2D eigenvalue weighted by molar-refractivity contribution is 0.1000. The number of carbonyl (C=O) groups is 1. The highest BCUT2D eigenvalue weighted by Crippen LogP contribution is 2.38. The molecule has 26 heavy (non-hydrogen) atoms. The fraction of sp³-hybridized carbons (Fsp3) is 0.700. The maximum absolute atomic E-state index is 12.0. The summed E-state index contributed by atoms with van der Waals surface area (Å²) < 4.78 is 5.16. The van der Waals surface area contributed by atoms with Gasteiger partial charge < -0.3 is 15.0 Å². The highest BCUT2D eigenvalue weighted by atomic mass is 16.6. The predicted octanol–water partition coefficient (Wildman–Crippen LogP) is 2.60. The third-order valence-corrected chi connectivity index (χ3v) is 6.09. The van der Waals surface area contributed by atoms with E-state index in [-0.39, 0.29) is 11.6 Å². The molecule has 1 N–H and O–H groups in total. The molecule has 0 radical (unpaired) electrons. The Hall–Kier alpha value is -1.66. The molecule has 0 unspecified atom stereocenters. The number of rotatable bonds is 4. The van der Waals surface area contributed by atoms with Gasteiger partial charge in [-0.15, -0.1) is 0 Å². The summed E-state index contributed by atoms with van der Waals surface area (Å²) in [5, 5.41) is 3.59. The molecule has 1 aromatic heterocycles. The normalized spacial score (nSPS) is 27.8. The monoisotopic (exact) mass is 360 g/mol. The Morgan fingerprint density at radius 1 is 1.23 bits per heavy atom. The van der Waals surface area contributed by atoms with Crippen LogP contribution in [-0.4, -0.2) is 66.8 Å². The zero-order chi connectivity index (χ0) is 18.4. The van der Waals surface area contributed by atoms with Gasteiger partial charge in [-0.25, -0.2) is 4.79 Å². The molecule has 144 valence electrons. The maximum atomic E-state index is 12.0. The first-order chi connectivity index (χ1) is 12.7. The number of hydrogen-bond acceptors (Lipinski definition) is 5. The zero-order valence-corrected chi connectivity index (χ0v) is 16.1. The van der Waals surface area contributed by atoms with Crippen LogP contribution in [0.3, 0.4) is 0 Å². The van der Waals surface area contributed by atoms with Crippen molar-refractivity contribution >= 4 is 6.09 Å². The van der Waals surface area contributed by atoms with Gasteiger partial charge in [-0.1, -0.05) is 0 Å². The minimum Gasteiger partial charge on any atom is -0.450 e. The molecule has 1 saturated carbocycles. The molecule has 1 amide bonds. The summed E-state index contributed by atoms with van der Waals surface area (Å²) >= 11 is 0. The van der Waals surface area contributed by atoms with Gasteiger partial charge in [0.15, 0.2) is 0 Å². The molecule has 6 heteroatoms. The Kier molecular flexibility index (Phi) is 6.48. The molecule has 1 aromatic rings. The Morgan fingerprint density at radius 2 is 1.96 bits per heavy atom. The third kappa shape index (κ3) is 4.18. The van der Waals surface area contributed by atoms with E-state index in [0.717, 1.165) is 45.4 Å². The van der Waals surface area contributed by atoms with Crippen molar-refractivity contribution in [3.05, 3.63) is 30.1 Å². The Bertz CT molecular complexity index is 572. The number of pyridine rings is 1. The van der Waals surface area contributed by atoms with Crippen LogP contribution in [0.4, 0.5) is 4.79 Å². The SMILES string of the molecule is CCOC(=O)N1CCCN(C2CCC(NC)(c3ccncc3)CC2)CC1. The minimum atomic E-state index is -0.162. The summed E-state index contributed by atoms with van der Waals surface area (Å²) in [6, 6.07) is 4.89. The lowest BCUT2D eigenvalue weighted by atomic mass is 9.75. The smallest absolute Gasteiger partial charge is 0.409 e. The van der Waals surface area contributed by atoms with E-state index in [4.69, 9.17) is 4.74 Å². The molecule has 6 nitrogen and oxygen atoms in total. The van der Waals surface area contributed by atoms with Crippen LogP contribution >= 0.6 is 0 Å². The summed E-state index contributed by atoms with van der Waals surface area (Å²) in [6.45, 7) is 5.91. The third-order valence-electron chi connectivity index (χ3n) is 6.09. The standard InChI is InChI=1S/C20H32N4O2/c1-3-26-19(25)24-14-4-13-23(15-16-24)18-5-9-20(21-2,10-6-18)17-7-11-22-12-8-17/h7-8,11-12,18,21H,3-6,9-10,13-16H2,1-2H3. The van der Waals surface area contributed by atoms with Crippen LogP contribution in [0.1, 0.15) is 44.6 Å². The largest absolute Gasteiger partial charge is 0.450 e. The second kappa shape index (κ2) is 8.82. The second-order valence-corrected chi connectivity index (χ2v) is 7.37. The average Bonchev–Trinajstić information content (AvgIpc) is 2.95. The fourth-order valence-electron chi connectivity index (χ4n) is 4.51. The molecule has 0 atom stereocenters. The lowest BCUT2D eigenvalue weighted by Crippen LogP contribution is -2.49. The van der Waals surface area contributed by atoms with Gasteiger partial charge in [-0.2, -0.15) is 0 Å². The number of aromatic nitrogens is 1. The van der Waals surface area contributed by atoms with Crippen LogP contribution in [0.25, 0.3) is 0 Å². The number of nitrogens with zero attached hydrogens (tertiary/aromatic N) is 3. The fourth-order valence-corrected chi connectivity index (χ4v) is 4.51. The number of hydrogen-bond donors (Lipinski definition) is 1. The van der Waals surface area contributed by atoms with Gasteiger partial charge in [0.1, 0.15) is 0 Å². The number of ether oxygens (including phenoxy) is 1. The van der Waals surface area contributed by atoms with E-state index in [9.17, 15) is 4.79 Å². The van der Waals surface area contributed by atoms with Crippen LogP contribution in [-0.2, 0) is 10.3 Å². The molecule has 1 aliphatic heterocycles. The molecular weight excluding hydrogens is 328 g/mol. The zero-order valence-electron chi connectivity index (χ0n) is 16.1. The predicted molar refractivity (Wildman–Crippen MR) is 102 cm³/mol.